The van der Waals surface area contributed by atoms with Crippen molar-refractivity contribution < 1.29 is 9.18 Å². The molecule has 1 amide bonds. The molecule has 1 atom stereocenters. The summed E-state index contributed by atoms with van der Waals surface area (Å²) in [7, 11) is 0. The second-order valence-electron chi connectivity index (χ2n) is 5.99. The Balaban J connectivity index is 1.52. The van der Waals surface area contributed by atoms with E-state index in [1.807, 2.05) is 30.3 Å². The monoisotopic (exact) mass is 352 g/mol. The van der Waals surface area contributed by atoms with Crippen molar-refractivity contribution in [2.45, 2.75) is 6.04 Å². The summed E-state index contributed by atoms with van der Waals surface area (Å²) in [6.07, 6.45) is 2.76. The van der Waals surface area contributed by atoms with Gasteiger partial charge < -0.3 is 10.2 Å². The number of hydrogen-bond acceptors (Lipinski definition) is 5. The summed E-state index contributed by atoms with van der Waals surface area (Å²) in [5.74, 6) is -0.754. The van der Waals surface area contributed by atoms with Crippen LogP contribution in [-0.4, -0.2) is 50.2 Å². The van der Waals surface area contributed by atoms with Crippen LogP contribution in [0, 0.1) is 5.82 Å². The van der Waals surface area contributed by atoms with Crippen molar-refractivity contribution in [2.75, 3.05) is 19.6 Å². The number of nitrogens with one attached hydrogen (secondary N) is 1. The van der Waals surface area contributed by atoms with Crippen LogP contribution in [0.3, 0.4) is 0 Å². The van der Waals surface area contributed by atoms with Gasteiger partial charge in [-0.3, -0.25) is 4.79 Å². The third-order valence-electron chi connectivity index (χ3n) is 4.30. The first-order valence-electron chi connectivity index (χ1n) is 8.32. The molecule has 1 fully saturated rings. The van der Waals surface area contributed by atoms with Gasteiger partial charge in [-0.25, -0.2) is 14.4 Å². The second kappa shape index (κ2) is 7.01. The number of carbonyl (C=O) groups excluding carboxylic acids is 1. The van der Waals surface area contributed by atoms with Crippen LogP contribution in [-0.2, 0) is 0 Å². The predicted molar refractivity (Wildman–Crippen MR) is 92.2 cm³/mol. The summed E-state index contributed by atoms with van der Waals surface area (Å²) in [5, 5.41) is 7.52. The van der Waals surface area contributed by atoms with E-state index in [0.29, 0.717) is 19.6 Å². The lowest BCUT2D eigenvalue weighted by molar-refractivity contribution is 0.0690. The molecule has 0 bridgehead atoms. The summed E-state index contributed by atoms with van der Waals surface area (Å²) in [4.78, 5) is 22.4. The molecule has 1 N–H and O–H groups in total. The Morgan fingerprint density at radius 3 is 2.81 bits per heavy atom. The number of piperazine rings is 1. The van der Waals surface area contributed by atoms with E-state index >= 15 is 0 Å². The minimum absolute atomic E-state index is 0.0153. The molecule has 0 aliphatic carbocycles. The third-order valence-corrected chi connectivity index (χ3v) is 4.30. The molecule has 0 radical (unpaired) electrons. The quantitative estimate of drug-likeness (QED) is 0.775. The number of amides is 1. The zero-order chi connectivity index (χ0) is 17.9. The highest BCUT2D eigenvalue weighted by Crippen LogP contribution is 2.18. The number of pyridine rings is 1. The molecule has 0 saturated carbocycles. The van der Waals surface area contributed by atoms with Gasteiger partial charge >= 0.3 is 0 Å². The number of rotatable bonds is 3. The molecule has 1 aromatic carbocycles. The van der Waals surface area contributed by atoms with E-state index < -0.39 is 5.82 Å². The van der Waals surface area contributed by atoms with Gasteiger partial charge in [0.05, 0.1) is 0 Å². The van der Waals surface area contributed by atoms with Crippen molar-refractivity contribution >= 4 is 5.91 Å². The fraction of sp³-hybridized carbons (Fsp3) is 0.222. The summed E-state index contributed by atoms with van der Waals surface area (Å²) < 4.78 is 15.0. The van der Waals surface area contributed by atoms with Crippen LogP contribution in [0.15, 0.2) is 55.0 Å². The second-order valence-corrected chi connectivity index (χ2v) is 5.99. The maximum atomic E-state index is 13.8. The molecule has 1 saturated heterocycles. The van der Waals surface area contributed by atoms with E-state index in [1.165, 1.54) is 29.3 Å². The number of hydrogen-bond donors (Lipinski definition) is 1. The average molecular weight is 352 g/mol. The van der Waals surface area contributed by atoms with Crippen LogP contribution in [0.1, 0.15) is 22.2 Å². The predicted octanol–water partition coefficient (Wildman–Crippen LogP) is 1.59. The molecular formula is C18H17FN6O. The smallest absolute Gasteiger partial charge is 0.293 e. The highest BCUT2D eigenvalue weighted by Gasteiger charge is 2.27. The number of aromatic nitrogens is 4. The van der Waals surface area contributed by atoms with Crippen molar-refractivity contribution in [3.05, 3.63) is 72.2 Å². The molecule has 1 unspecified atom stereocenters. The van der Waals surface area contributed by atoms with Crippen LogP contribution in [0.4, 0.5) is 4.39 Å². The van der Waals surface area contributed by atoms with Gasteiger partial charge in [0.25, 0.3) is 5.91 Å². The molecule has 3 heterocycles. The molecule has 4 rings (SSSR count). The first kappa shape index (κ1) is 16.3. The Labute approximate surface area is 149 Å². The molecule has 0 spiro atoms. The maximum absolute atomic E-state index is 13.8. The minimum Gasteiger partial charge on any atom is -0.333 e. The van der Waals surface area contributed by atoms with Gasteiger partial charge in [-0.05, 0) is 17.7 Å². The Morgan fingerprint density at radius 1 is 1.15 bits per heavy atom. The molecule has 3 aromatic rings. The van der Waals surface area contributed by atoms with Crippen molar-refractivity contribution in [1.82, 2.24) is 30.0 Å². The van der Waals surface area contributed by atoms with E-state index in [4.69, 9.17) is 0 Å². The van der Waals surface area contributed by atoms with Crippen LogP contribution >= 0.6 is 0 Å². The van der Waals surface area contributed by atoms with Crippen LogP contribution < -0.4 is 5.32 Å². The lowest BCUT2D eigenvalue weighted by atomic mass is 10.0. The van der Waals surface area contributed by atoms with Crippen molar-refractivity contribution in [3.63, 3.8) is 0 Å². The number of halogens is 1. The molecule has 8 heteroatoms. The highest BCUT2D eigenvalue weighted by molar-refractivity contribution is 5.90. The van der Waals surface area contributed by atoms with E-state index in [9.17, 15) is 9.18 Å². The lowest BCUT2D eigenvalue weighted by Crippen LogP contribution is -2.48. The van der Waals surface area contributed by atoms with Gasteiger partial charge in [0, 0.05) is 31.9 Å². The maximum Gasteiger partial charge on any atom is 0.293 e. The Kier molecular flexibility index (Phi) is 4.40. The first-order chi connectivity index (χ1) is 12.7. The Hall–Kier alpha value is -3.13. The zero-order valence-corrected chi connectivity index (χ0v) is 13.9. The van der Waals surface area contributed by atoms with E-state index in [2.05, 4.69) is 20.4 Å². The molecule has 2 aromatic heterocycles. The van der Waals surface area contributed by atoms with Gasteiger partial charge in [-0.15, -0.1) is 5.10 Å². The van der Waals surface area contributed by atoms with Crippen molar-refractivity contribution in [3.8, 4) is 5.82 Å². The van der Waals surface area contributed by atoms with E-state index in [1.54, 1.807) is 4.90 Å². The fourth-order valence-corrected chi connectivity index (χ4v) is 2.99. The van der Waals surface area contributed by atoms with Gasteiger partial charge in [-0.1, -0.05) is 30.3 Å². The summed E-state index contributed by atoms with van der Waals surface area (Å²) in [6, 6.07) is 12.8. The summed E-state index contributed by atoms with van der Waals surface area (Å²) in [6.45, 7) is 1.77. The van der Waals surface area contributed by atoms with Gasteiger partial charge in [0.2, 0.25) is 5.82 Å². The summed E-state index contributed by atoms with van der Waals surface area (Å²) >= 11 is 0. The topological polar surface area (TPSA) is 75.9 Å². The summed E-state index contributed by atoms with van der Waals surface area (Å²) in [5.41, 5.74) is 1.12. The molecule has 1 aliphatic heterocycles. The SMILES string of the molecule is O=C(c1ncn(-c2ncccc2F)n1)N1CCNC(c2ccccc2)C1. The van der Waals surface area contributed by atoms with Crippen molar-refractivity contribution in [1.29, 1.82) is 0 Å². The van der Waals surface area contributed by atoms with Crippen molar-refractivity contribution in [2.24, 2.45) is 0 Å². The molecular weight excluding hydrogens is 335 g/mol. The Morgan fingerprint density at radius 2 is 2.00 bits per heavy atom. The number of benzene rings is 1. The average Bonchev–Trinajstić information content (AvgIpc) is 3.18. The molecule has 7 nitrogen and oxygen atoms in total. The minimum atomic E-state index is -0.525. The number of carbonyl (C=O) groups is 1. The standard InChI is InChI=1S/C18H17FN6O/c19-14-7-4-8-21-17(14)25-12-22-16(23-25)18(26)24-10-9-20-15(11-24)13-5-2-1-3-6-13/h1-8,12,15,20H,9-11H2. The third kappa shape index (κ3) is 3.18. The van der Waals surface area contributed by atoms with Gasteiger partial charge in [0.15, 0.2) is 11.6 Å². The molecule has 132 valence electrons. The van der Waals surface area contributed by atoms with Crippen LogP contribution in [0.25, 0.3) is 5.82 Å². The Bertz CT molecular complexity index is 913. The number of nitrogens with zero attached hydrogens (tertiary/aromatic N) is 5. The normalized spacial score (nSPS) is 17.3. The zero-order valence-electron chi connectivity index (χ0n) is 13.9. The van der Waals surface area contributed by atoms with E-state index in [0.717, 1.165) is 5.56 Å². The largest absolute Gasteiger partial charge is 0.333 e. The van der Waals surface area contributed by atoms with E-state index in [-0.39, 0.29) is 23.6 Å². The van der Waals surface area contributed by atoms with Gasteiger partial charge in [0.1, 0.15) is 6.33 Å². The fourth-order valence-electron chi connectivity index (χ4n) is 2.99. The highest BCUT2D eigenvalue weighted by atomic mass is 19.1. The molecule has 1 aliphatic rings. The molecule has 26 heavy (non-hydrogen) atoms. The van der Waals surface area contributed by atoms with Crippen LogP contribution in [0.2, 0.25) is 0 Å². The lowest BCUT2D eigenvalue weighted by Gasteiger charge is -2.33. The van der Waals surface area contributed by atoms with Gasteiger partial charge in [-0.2, -0.15) is 4.68 Å². The van der Waals surface area contributed by atoms with Crippen LogP contribution in [0.5, 0.6) is 0 Å². The first-order valence-corrected chi connectivity index (χ1v) is 8.32.